The molecule has 6 fully saturated rings. The van der Waals surface area contributed by atoms with E-state index in [1.807, 2.05) is 12.3 Å². The van der Waals surface area contributed by atoms with Crippen molar-refractivity contribution >= 4 is 40.0 Å². The molecule has 1 aromatic carbocycles. The summed E-state index contributed by atoms with van der Waals surface area (Å²) >= 11 is 1.56. The van der Waals surface area contributed by atoms with Crippen LogP contribution < -0.4 is 10.7 Å². The van der Waals surface area contributed by atoms with E-state index < -0.39 is 23.5 Å². The van der Waals surface area contributed by atoms with Gasteiger partial charge in [0.25, 0.3) is 5.91 Å². The van der Waals surface area contributed by atoms with E-state index in [1.54, 1.807) is 23.5 Å². The van der Waals surface area contributed by atoms with Gasteiger partial charge in [0.2, 0.25) is 5.91 Å². The van der Waals surface area contributed by atoms with Crippen LogP contribution in [0.15, 0.2) is 41.9 Å². The summed E-state index contributed by atoms with van der Waals surface area (Å²) < 4.78 is 14.8. The molecular formula is C51H67N9O5S. The molecule has 3 aromatic heterocycles. The lowest BCUT2D eigenvalue weighted by atomic mass is 9.84. The molecule has 11 rings (SSSR count). The summed E-state index contributed by atoms with van der Waals surface area (Å²) in [5, 5.41) is 8.98. The van der Waals surface area contributed by atoms with Crippen LogP contribution in [0, 0.1) is 23.2 Å². The number of pyridine rings is 1. The molecule has 2 N–H and O–H groups in total. The van der Waals surface area contributed by atoms with Crippen LogP contribution >= 0.6 is 11.3 Å². The quantitative estimate of drug-likeness (QED) is 0.191. The van der Waals surface area contributed by atoms with Crippen LogP contribution in [0.3, 0.4) is 0 Å². The van der Waals surface area contributed by atoms with Crippen molar-refractivity contribution < 1.29 is 23.9 Å². The number of ether oxygens (including phenoxy) is 2. The van der Waals surface area contributed by atoms with E-state index in [1.165, 1.54) is 18.4 Å². The molecule has 4 aromatic rings. The molecule has 1 unspecified atom stereocenters. The molecule has 8 heterocycles. The van der Waals surface area contributed by atoms with E-state index in [9.17, 15) is 9.59 Å². The van der Waals surface area contributed by atoms with Gasteiger partial charge >= 0.3 is 5.97 Å². The number of cyclic esters (lactones) is 1. The smallest absolute Gasteiger partial charge is 0.324 e. The summed E-state index contributed by atoms with van der Waals surface area (Å²) in [6, 6.07) is 9.81. The SMILES string of the molecule is CO[C@@H](C)c1ncccc1-c1c2c3cc(ccc3n1C1CN(C3CC3)C1)-c1csc(n1)[C@@H](N1CC3(CCCN3C)C1)[C@H](NC(=O)C1[C@@H](C)[C@H]1C)C(=O)N1CCC[C@H](N1)C(=O)OCC(C)(C)C2. The van der Waals surface area contributed by atoms with Gasteiger partial charge in [-0.25, -0.2) is 10.4 Å². The molecule has 2 aliphatic carbocycles. The van der Waals surface area contributed by atoms with E-state index in [2.05, 4.69) is 101 Å². The number of esters is 1. The van der Waals surface area contributed by atoms with Crippen molar-refractivity contribution in [3.8, 4) is 22.5 Å². The van der Waals surface area contributed by atoms with Crippen LogP contribution in [0.4, 0.5) is 0 Å². The molecule has 7 atom stereocenters. The standard InChI is InChI=1S/C51H67N9O5S/c1-29-30(2)41(29)46(61)54-43-45(58-26-51(27-58)17-10-19-56(51)6)47-53-39(25-66-47)32-13-16-40-36(21-32)37(22-50(4,5)28-65-49(63)38-12-9-20-59(55-38)48(43)62)44(35-11-8-18-52-42(35)31(3)64-7)60(40)34-23-57(24-34)33-14-15-33/h8,11,13,16,18,21,25,29-31,33-34,38,41,43,45,55H,9-10,12,14-15,17,19-20,22-24,26-28H2,1-7H3,(H,54,61)/t29-,30+,31-,38-,41?,43-,45-/m0/s1. The molecule has 2 saturated carbocycles. The molecule has 352 valence electrons. The first-order valence-corrected chi connectivity index (χ1v) is 25.5. The number of hydrogen-bond donors (Lipinski definition) is 2. The number of carbonyl (C=O) groups excluding carboxylic acids is 3. The van der Waals surface area contributed by atoms with Gasteiger partial charge < -0.3 is 19.4 Å². The highest BCUT2D eigenvalue weighted by Gasteiger charge is 2.55. The third-order valence-electron chi connectivity index (χ3n) is 16.7. The lowest BCUT2D eigenvalue weighted by molar-refractivity contribution is -0.156. The molecule has 6 bridgehead atoms. The van der Waals surface area contributed by atoms with E-state index in [0.29, 0.717) is 31.8 Å². The fourth-order valence-corrected chi connectivity index (χ4v) is 13.1. The number of likely N-dealkylation sites (N-methyl/N-ethyl adjacent to an activating group) is 1. The van der Waals surface area contributed by atoms with Gasteiger partial charge in [0.05, 0.1) is 41.9 Å². The van der Waals surface area contributed by atoms with Crippen molar-refractivity contribution in [2.45, 2.75) is 121 Å². The second-order valence-electron chi connectivity index (χ2n) is 21.7. The first kappa shape index (κ1) is 44.3. The molecule has 0 radical (unpaired) electrons. The number of nitrogens with zero attached hydrogens (tertiary/aromatic N) is 7. The number of fused-ring (bicyclic) bond motifs is 6. The van der Waals surface area contributed by atoms with Gasteiger partial charge in [0.15, 0.2) is 0 Å². The van der Waals surface area contributed by atoms with Gasteiger partial charge in [-0.2, -0.15) is 0 Å². The lowest BCUT2D eigenvalue weighted by Crippen LogP contribution is -2.70. The van der Waals surface area contributed by atoms with Crippen molar-refractivity contribution in [1.82, 2.24) is 45.0 Å². The molecule has 4 saturated heterocycles. The maximum Gasteiger partial charge on any atom is 0.324 e. The zero-order valence-electron chi connectivity index (χ0n) is 39.7. The Labute approximate surface area is 392 Å². The number of methoxy groups -OCH3 is 1. The van der Waals surface area contributed by atoms with Gasteiger partial charge in [0, 0.05) is 96.4 Å². The van der Waals surface area contributed by atoms with Crippen LogP contribution in [0.2, 0.25) is 0 Å². The maximum atomic E-state index is 15.2. The van der Waals surface area contributed by atoms with Crippen LogP contribution in [-0.2, 0) is 30.3 Å². The second kappa shape index (κ2) is 16.8. The third kappa shape index (κ3) is 7.69. The topological polar surface area (TPSA) is 137 Å². The van der Waals surface area contributed by atoms with E-state index in [0.717, 1.165) is 89.7 Å². The summed E-state index contributed by atoms with van der Waals surface area (Å²) in [4.78, 5) is 61.5. The van der Waals surface area contributed by atoms with Crippen LogP contribution in [0.1, 0.15) is 108 Å². The van der Waals surface area contributed by atoms with Crippen LogP contribution in [-0.4, -0.2) is 136 Å². The van der Waals surface area contributed by atoms with Crippen LogP contribution in [0.25, 0.3) is 33.4 Å². The number of likely N-dealkylation sites (tertiary alicyclic amines) is 3. The van der Waals surface area contributed by atoms with Crippen molar-refractivity contribution in [2.75, 3.05) is 60.0 Å². The fourth-order valence-electron chi connectivity index (χ4n) is 12.1. The highest BCUT2D eigenvalue weighted by molar-refractivity contribution is 7.10. The van der Waals surface area contributed by atoms with Gasteiger partial charge in [-0.1, -0.05) is 33.8 Å². The number of nitrogens with one attached hydrogen (secondary N) is 2. The summed E-state index contributed by atoms with van der Waals surface area (Å²) in [6.45, 7) is 15.8. The highest BCUT2D eigenvalue weighted by atomic mass is 32.1. The minimum atomic E-state index is -0.924. The fraction of sp³-hybridized carbons (Fsp3) is 0.627. The number of aromatic nitrogens is 3. The Balaban J connectivity index is 1.07. The van der Waals surface area contributed by atoms with Crippen LogP contribution in [0.5, 0.6) is 0 Å². The number of carbonyl (C=O) groups is 3. The normalized spacial score (nSPS) is 29.9. The third-order valence-corrected chi connectivity index (χ3v) is 17.6. The number of amides is 2. The zero-order chi connectivity index (χ0) is 45.8. The summed E-state index contributed by atoms with van der Waals surface area (Å²) in [5.74, 6) is -0.393. The average Bonchev–Trinajstić information content (AvgIpc) is 4.05. The first-order valence-electron chi connectivity index (χ1n) is 24.6. The van der Waals surface area contributed by atoms with Gasteiger partial charge in [0.1, 0.15) is 17.1 Å². The largest absolute Gasteiger partial charge is 0.464 e. The molecule has 66 heavy (non-hydrogen) atoms. The molecule has 1 spiro atoms. The van der Waals surface area contributed by atoms with E-state index >= 15 is 4.79 Å². The highest BCUT2D eigenvalue weighted by Crippen LogP contribution is 2.49. The minimum absolute atomic E-state index is 0.0346. The minimum Gasteiger partial charge on any atom is -0.464 e. The number of thiazole rings is 1. The van der Waals surface area contributed by atoms with E-state index in [-0.39, 0.29) is 59.8 Å². The average molecular weight is 918 g/mol. The summed E-state index contributed by atoms with van der Waals surface area (Å²) in [5.41, 5.74) is 10.2. The first-order chi connectivity index (χ1) is 31.7. The Morgan fingerprint density at radius 3 is 2.53 bits per heavy atom. The lowest BCUT2D eigenvalue weighted by Gasteiger charge is -2.55. The predicted molar refractivity (Wildman–Crippen MR) is 254 cm³/mol. The number of benzene rings is 1. The van der Waals surface area contributed by atoms with Crippen molar-refractivity contribution in [2.24, 2.45) is 23.2 Å². The zero-order valence-corrected chi connectivity index (χ0v) is 40.5. The Morgan fingerprint density at radius 1 is 1.03 bits per heavy atom. The monoisotopic (exact) mass is 917 g/mol. The molecular weight excluding hydrogens is 851 g/mol. The second-order valence-corrected chi connectivity index (χ2v) is 22.6. The Kier molecular flexibility index (Phi) is 11.2. The van der Waals surface area contributed by atoms with Gasteiger partial charge in [-0.3, -0.25) is 39.1 Å². The Bertz CT molecular complexity index is 2530. The summed E-state index contributed by atoms with van der Waals surface area (Å²) in [7, 11) is 3.95. The van der Waals surface area contributed by atoms with Gasteiger partial charge in [-0.05, 0) is 107 Å². The molecule has 15 heteroatoms. The number of hydrogen-bond acceptors (Lipinski definition) is 12. The molecule has 7 aliphatic rings. The predicted octanol–water partition coefficient (Wildman–Crippen LogP) is 6.38. The molecule has 2 amide bonds. The Hall–Kier alpha value is -4.25. The van der Waals surface area contributed by atoms with Crippen molar-refractivity contribution in [1.29, 1.82) is 0 Å². The number of rotatable bonds is 8. The van der Waals surface area contributed by atoms with Crippen molar-refractivity contribution in [3.63, 3.8) is 0 Å². The summed E-state index contributed by atoms with van der Waals surface area (Å²) in [6.07, 6.45) is 8.20. The van der Waals surface area contributed by atoms with E-state index in [4.69, 9.17) is 19.4 Å². The number of hydrazine groups is 1. The Morgan fingerprint density at radius 2 is 1.82 bits per heavy atom. The maximum absolute atomic E-state index is 15.2. The molecule has 14 nitrogen and oxygen atoms in total. The van der Waals surface area contributed by atoms with Gasteiger partial charge in [-0.15, -0.1) is 11.3 Å². The van der Waals surface area contributed by atoms with Crippen molar-refractivity contribution in [3.05, 3.63) is 58.2 Å². The molecule has 5 aliphatic heterocycles.